The van der Waals surface area contributed by atoms with Crippen LogP contribution < -0.4 is 15.0 Å². The third kappa shape index (κ3) is 6.29. The summed E-state index contributed by atoms with van der Waals surface area (Å²) in [6, 6.07) is 22.8. The van der Waals surface area contributed by atoms with Crippen LogP contribution in [-0.4, -0.2) is 34.1 Å². The number of ether oxygens (including phenoxy) is 2. The molecule has 0 saturated carbocycles. The smallest absolute Gasteiger partial charge is 0.335 e. The summed E-state index contributed by atoms with van der Waals surface area (Å²) in [7, 11) is 1.65. The Kier molecular flexibility index (Phi) is 8.59. The van der Waals surface area contributed by atoms with Crippen molar-refractivity contribution in [3.05, 3.63) is 122 Å². The quantitative estimate of drug-likeness (QED) is 0.179. The Balaban J connectivity index is 1.49. The van der Waals surface area contributed by atoms with Gasteiger partial charge in [0.25, 0.3) is 5.56 Å². The number of carbonyl (C=O) groups is 1. The zero-order valence-electron chi connectivity index (χ0n) is 24.2. The minimum atomic E-state index is -0.985. The fourth-order valence-corrected chi connectivity index (χ4v) is 4.96. The minimum Gasteiger partial charge on any atom is -0.496 e. The second kappa shape index (κ2) is 12.5. The summed E-state index contributed by atoms with van der Waals surface area (Å²) < 4.78 is 12.8. The predicted octanol–water partition coefficient (Wildman–Crippen LogP) is 7.32. The maximum atomic E-state index is 13.7. The SMILES string of the molecule is COc1cc(C)c(-c2nc3ccccc3c(=O)n2N=Cc2ccc(OCc3ccc(C(=O)O)cc3)c(Cl)c2)cc1C(C)C. The Morgan fingerprint density at radius 3 is 2.47 bits per heavy atom. The van der Waals surface area contributed by atoms with E-state index in [1.165, 1.54) is 16.8 Å². The molecule has 0 aliphatic carbocycles. The van der Waals surface area contributed by atoms with Crippen molar-refractivity contribution in [1.29, 1.82) is 0 Å². The molecule has 1 heterocycles. The number of aromatic carboxylic acids is 1. The standard InChI is InChI=1S/C34H30ClN3O5/c1-20(2)26-17-27(21(3)15-31(26)42-4)32-37-29-8-6-5-7-25(29)33(39)38(32)36-18-23-11-14-30(28(35)16-23)43-19-22-9-12-24(13-10-22)34(40)41/h5-18,20H,19H2,1-4H3,(H,40,41). The molecule has 0 fully saturated rings. The highest BCUT2D eigenvalue weighted by Gasteiger charge is 2.18. The van der Waals surface area contributed by atoms with Gasteiger partial charge in [0.15, 0.2) is 5.82 Å². The molecule has 0 bridgehead atoms. The lowest BCUT2D eigenvalue weighted by molar-refractivity contribution is 0.0697. The third-order valence-corrected chi connectivity index (χ3v) is 7.36. The van der Waals surface area contributed by atoms with Gasteiger partial charge in [0.1, 0.15) is 18.1 Å². The summed E-state index contributed by atoms with van der Waals surface area (Å²) >= 11 is 6.52. The molecule has 0 aliphatic rings. The third-order valence-electron chi connectivity index (χ3n) is 7.07. The highest BCUT2D eigenvalue weighted by molar-refractivity contribution is 6.32. The molecule has 0 unspecified atom stereocenters. The fourth-order valence-electron chi connectivity index (χ4n) is 4.72. The van der Waals surface area contributed by atoms with Crippen molar-refractivity contribution in [3.8, 4) is 22.9 Å². The number of carboxylic acids is 1. The first kappa shape index (κ1) is 29.5. The van der Waals surface area contributed by atoms with Gasteiger partial charge in [0, 0.05) is 5.56 Å². The monoisotopic (exact) mass is 595 g/mol. The van der Waals surface area contributed by atoms with Crippen LogP contribution in [0.3, 0.4) is 0 Å². The van der Waals surface area contributed by atoms with E-state index in [1.54, 1.807) is 55.8 Å². The number of para-hydroxylation sites is 1. The van der Waals surface area contributed by atoms with E-state index in [4.69, 9.17) is 31.2 Å². The number of nitrogens with zero attached hydrogens (tertiary/aromatic N) is 3. The van der Waals surface area contributed by atoms with Crippen molar-refractivity contribution in [2.24, 2.45) is 5.10 Å². The second-order valence-corrected chi connectivity index (χ2v) is 10.8. The molecule has 9 heteroatoms. The summed E-state index contributed by atoms with van der Waals surface area (Å²) in [5.74, 6) is 0.860. The maximum absolute atomic E-state index is 13.7. The van der Waals surface area contributed by atoms with Gasteiger partial charge in [-0.2, -0.15) is 9.78 Å². The molecule has 0 atom stereocenters. The summed E-state index contributed by atoms with van der Waals surface area (Å²) in [5.41, 5.74) is 4.63. The summed E-state index contributed by atoms with van der Waals surface area (Å²) in [6.07, 6.45) is 1.56. The van der Waals surface area contributed by atoms with Crippen molar-refractivity contribution < 1.29 is 19.4 Å². The highest BCUT2D eigenvalue weighted by Crippen LogP contribution is 2.34. The van der Waals surface area contributed by atoms with Crippen LogP contribution in [0, 0.1) is 6.92 Å². The van der Waals surface area contributed by atoms with Gasteiger partial charge in [-0.05, 0) is 89.7 Å². The van der Waals surface area contributed by atoms with Crippen LogP contribution in [0.2, 0.25) is 5.02 Å². The van der Waals surface area contributed by atoms with Gasteiger partial charge < -0.3 is 14.6 Å². The van der Waals surface area contributed by atoms with E-state index in [9.17, 15) is 9.59 Å². The zero-order valence-corrected chi connectivity index (χ0v) is 24.9. The van der Waals surface area contributed by atoms with E-state index >= 15 is 0 Å². The Bertz CT molecular complexity index is 1910. The molecular formula is C34H30ClN3O5. The molecule has 1 N–H and O–H groups in total. The molecule has 218 valence electrons. The largest absolute Gasteiger partial charge is 0.496 e. The van der Waals surface area contributed by atoms with Crippen molar-refractivity contribution in [3.63, 3.8) is 0 Å². The van der Waals surface area contributed by atoms with Gasteiger partial charge in [-0.1, -0.05) is 49.7 Å². The van der Waals surface area contributed by atoms with Gasteiger partial charge >= 0.3 is 5.97 Å². The molecule has 1 aromatic heterocycles. The average Bonchev–Trinajstić information content (AvgIpc) is 3.00. The topological polar surface area (TPSA) is 103 Å². The van der Waals surface area contributed by atoms with E-state index in [0.29, 0.717) is 33.1 Å². The fraction of sp³-hybridized carbons (Fsp3) is 0.176. The molecule has 0 radical (unpaired) electrons. The second-order valence-electron chi connectivity index (χ2n) is 10.4. The van der Waals surface area contributed by atoms with Crippen molar-refractivity contribution >= 4 is 34.7 Å². The lowest BCUT2D eigenvalue weighted by Gasteiger charge is -2.17. The first-order valence-electron chi connectivity index (χ1n) is 13.7. The number of methoxy groups -OCH3 is 1. The Morgan fingerprint density at radius 2 is 1.79 bits per heavy atom. The number of benzene rings is 4. The van der Waals surface area contributed by atoms with E-state index in [0.717, 1.165) is 28.0 Å². The number of hydrogen-bond acceptors (Lipinski definition) is 6. The summed E-state index contributed by atoms with van der Waals surface area (Å²) in [5, 5.41) is 14.5. The van der Waals surface area contributed by atoms with Crippen LogP contribution in [0.4, 0.5) is 0 Å². The van der Waals surface area contributed by atoms with Gasteiger partial charge in [-0.25, -0.2) is 9.78 Å². The lowest BCUT2D eigenvalue weighted by Crippen LogP contribution is -2.20. The Hall–Kier alpha value is -4.95. The zero-order chi connectivity index (χ0) is 30.7. The Labute approximate surface area is 253 Å². The number of aryl methyl sites for hydroxylation is 1. The number of carboxylic acid groups (broad SMARTS) is 1. The summed E-state index contributed by atoms with van der Waals surface area (Å²) in [6.45, 7) is 6.34. The van der Waals surface area contributed by atoms with Crippen LogP contribution in [0.1, 0.15) is 52.4 Å². The van der Waals surface area contributed by atoms with Crippen LogP contribution >= 0.6 is 11.6 Å². The van der Waals surface area contributed by atoms with E-state index in [1.807, 2.05) is 31.2 Å². The molecule has 0 saturated heterocycles. The molecule has 0 aliphatic heterocycles. The van der Waals surface area contributed by atoms with Gasteiger partial charge in [0.05, 0.1) is 34.8 Å². The van der Waals surface area contributed by atoms with Crippen LogP contribution in [-0.2, 0) is 6.61 Å². The number of halogens is 1. The minimum absolute atomic E-state index is 0.186. The Morgan fingerprint density at radius 1 is 1.05 bits per heavy atom. The lowest BCUT2D eigenvalue weighted by atomic mass is 9.96. The maximum Gasteiger partial charge on any atom is 0.335 e. The normalized spacial score (nSPS) is 11.4. The first-order chi connectivity index (χ1) is 20.7. The molecule has 0 amide bonds. The van der Waals surface area contributed by atoms with Gasteiger partial charge in [0.2, 0.25) is 0 Å². The molecule has 4 aromatic carbocycles. The number of hydrogen-bond donors (Lipinski definition) is 1. The first-order valence-corrected chi connectivity index (χ1v) is 14.0. The van der Waals surface area contributed by atoms with Crippen molar-refractivity contribution in [2.45, 2.75) is 33.3 Å². The van der Waals surface area contributed by atoms with Gasteiger partial charge in [-0.15, -0.1) is 0 Å². The molecule has 5 rings (SSSR count). The van der Waals surface area contributed by atoms with Crippen LogP contribution in [0.25, 0.3) is 22.3 Å². The number of fused-ring (bicyclic) bond motifs is 1. The van der Waals surface area contributed by atoms with Crippen LogP contribution in [0.5, 0.6) is 11.5 Å². The molecule has 8 nitrogen and oxygen atoms in total. The van der Waals surface area contributed by atoms with Crippen LogP contribution in [0.15, 0.2) is 88.8 Å². The number of rotatable bonds is 9. The van der Waals surface area contributed by atoms with Crippen molar-refractivity contribution in [1.82, 2.24) is 9.66 Å². The van der Waals surface area contributed by atoms with E-state index < -0.39 is 5.97 Å². The number of aromatic nitrogens is 2. The van der Waals surface area contributed by atoms with E-state index in [2.05, 4.69) is 18.9 Å². The summed E-state index contributed by atoms with van der Waals surface area (Å²) in [4.78, 5) is 29.6. The van der Waals surface area contributed by atoms with Crippen molar-refractivity contribution in [2.75, 3.05) is 7.11 Å². The highest BCUT2D eigenvalue weighted by atomic mass is 35.5. The molecule has 5 aromatic rings. The molecular weight excluding hydrogens is 566 g/mol. The van der Waals surface area contributed by atoms with E-state index in [-0.39, 0.29) is 23.6 Å². The molecule has 0 spiro atoms. The predicted molar refractivity (Wildman–Crippen MR) is 169 cm³/mol. The van der Waals surface area contributed by atoms with Gasteiger partial charge in [-0.3, -0.25) is 4.79 Å². The molecule has 43 heavy (non-hydrogen) atoms. The average molecular weight is 596 g/mol.